The maximum atomic E-state index is 12.9. The van der Waals surface area contributed by atoms with Crippen molar-refractivity contribution in [2.75, 3.05) is 25.1 Å². The SMILES string of the molecule is CC(C)CCN(CC(O)[C@H](Cc1ccccc1)NC(=O)C(C)CS(C)(=O)=O)C(=O)NC(C)(C)C. The summed E-state index contributed by atoms with van der Waals surface area (Å²) in [6.45, 7) is 11.9. The number of nitrogens with one attached hydrogen (secondary N) is 2. The summed E-state index contributed by atoms with van der Waals surface area (Å²) >= 11 is 0. The first kappa shape index (κ1) is 29.9. The Labute approximate surface area is 205 Å². The lowest BCUT2D eigenvalue weighted by Crippen LogP contribution is -2.55. The van der Waals surface area contributed by atoms with Crippen molar-refractivity contribution in [1.29, 1.82) is 0 Å². The Morgan fingerprint density at radius 1 is 1.09 bits per heavy atom. The molecule has 0 aliphatic carbocycles. The van der Waals surface area contributed by atoms with E-state index >= 15 is 0 Å². The summed E-state index contributed by atoms with van der Waals surface area (Å²) in [7, 11) is -3.33. The Kier molecular flexibility index (Phi) is 11.5. The smallest absolute Gasteiger partial charge is 0.317 e. The summed E-state index contributed by atoms with van der Waals surface area (Å²) in [5.41, 5.74) is 0.479. The van der Waals surface area contributed by atoms with Gasteiger partial charge in [-0.2, -0.15) is 0 Å². The molecular weight excluding hydrogens is 454 g/mol. The van der Waals surface area contributed by atoms with Gasteiger partial charge in [-0.3, -0.25) is 4.79 Å². The topological polar surface area (TPSA) is 116 Å². The van der Waals surface area contributed by atoms with Crippen LogP contribution >= 0.6 is 0 Å². The van der Waals surface area contributed by atoms with Crippen molar-refractivity contribution in [2.24, 2.45) is 11.8 Å². The molecule has 0 spiro atoms. The summed E-state index contributed by atoms with van der Waals surface area (Å²) < 4.78 is 23.3. The second-order valence-electron chi connectivity index (χ2n) is 10.7. The summed E-state index contributed by atoms with van der Waals surface area (Å²) in [6.07, 6.45) is 1.16. The second-order valence-corrected chi connectivity index (χ2v) is 12.9. The van der Waals surface area contributed by atoms with Gasteiger partial charge in [-0.1, -0.05) is 51.1 Å². The molecule has 3 N–H and O–H groups in total. The van der Waals surface area contributed by atoms with Crippen molar-refractivity contribution in [3.63, 3.8) is 0 Å². The van der Waals surface area contributed by atoms with Crippen LogP contribution in [0.25, 0.3) is 0 Å². The van der Waals surface area contributed by atoms with E-state index in [0.29, 0.717) is 18.9 Å². The Hall–Kier alpha value is -2.13. The van der Waals surface area contributed by atoms with Gasteiger partial charge in [0.05, 0.1) is 24.4 Å². The van der Waals surface area contributed by atoms with Crippen molar-refractivity contribution < 1.29 is 23.1 Å². The molecule has 0 aliphatic heterocycles. The van der Waals surface area contributed by atoms with E-state index in [1.165, 1.54) is 0 Å². The molecule has 0 aliphatic rings. The van der Waals surface area contributed by atoms with E-state index in [1.54, 1.807) is 11.8 Å². The van der Waals surface area contributed by atoms with E-state index in [0.717, 1.165) is 18.2 Å². The normalized spacial score (nSPS) is 14.9. The lowest BCUT2D eigenvalue weighted by atomic mass is 9.99. The number of aliphatic hydroxyl groups excluding tert-OH is 1. The number of sulfone groups is 1. The predicted molar refractivity (Wildman–Crippen MR) is 136 cm³/mol. The molecule has 8 nitrogen and oxygen atoms in total. The highest BCUT2D eigenvalue weighted by Gasteiger charge is 2.29. The highest BCUT2D eigenvalue weighted by molar-refractivity contribution is 7.90. The van der Waals surface area contributed by atoms with Crippen LogP contribution in [0.1, 0.15) is 53.5 Å². The third-order valence-corrected chi connectivity index (χ3v) is 6.35. The number of rotatable bonds is 12. The molecule has 0 saturated carbocycles. The van der Waals surface area contributed by atoms with Crippen molar-refractivity contribution in [3.05, 3.63) is 35.9 Å². The van der Waals surface area contributed by atoms with Crippen molar-refractivity contribution in [2.45, 2.75) is 72.1 Å². The Morgan fingerprint density at radius 3 is 2.18 bits per heavy atom. The maximum Gasteiger partial charge on any atom is 0.317 e. The lowest BCUT2D eigenvalue weighted by molar-refractivity contribution is -0.125. The van der Waals surface area contributed by atoms with E-state index in [4.69, 9.17) is 0 Å². The van der Waals surface area contributed by atoms with E-state index < -0.39 is 39.3 Å². The molecule has 0 fully saturated rings. The average Bonchev–Trinajstić information content (AvgIpc) is 2.68. The van der Waals surface area contributed by atoms with Gasteiger partial charge >= 0.3 is 6.03 Å². The van der Waals surface area contributed by atoms with Crippen molar-refractivity contribution >= 4 is 21.8 Å². The summed E-state index contributed by atoms with van der Waals surface area (Å²) in [4.78, 5) is 27.3. The van der Waals surface area contributed by atoms with Crippen LogP contribution in [0.2, 0.25) is 0 Å². The Morgan fingerprint density at radius 2 is 1.68 bits per heavy atom. The average molecular weight is 498 g/mol. The second kappa shape index (κ2) is 13.1. The Bertz CT molecular complexity index is 882. The van der Waals surface area contributed by atoms with Crippen LogP contribution in [0.4, 0.5) is 4.79 Å². The van der Waals surface area contributed by atoms with Gasteiger partial charge in [-0.15, -0.1) is 0 Å². The molecule has 1 aromatic rings. The first-order chi connectivity index (χ1) is 15.6. The molecule has 3 atom stereocenters. The zero-order chi connectivity index (χ0) is 26.1. The summed E-state index contributed by atoms with van der Waals surface area (Å²) in [6, 6.07) is 8.45. The van der Waals surface area contributed by atoms with Gasteiger partial charge in [0, 0.05) is 24.3 Å². The summed E-state index contributed by atoms with van der Waals surface area (Å²) in [5.74, 6) is -1.11. The fourth-order valence-electron chi connectivity index (χ4n) is 3.45. The molecular formula is C25H43N3O5S. The van der Waals surface area contributed by atoms with E-state index in [9.17, 15) is 23.1 Å². The largest absolute Gasteiger partial charge is 0.389 e. The highest BCUT2D eigenvalue weighted by atomic mass is 32.2. The lowest BCUT2D eigenvalue weighted by Gasteiger charge is -2.33. The van der Waals surface area contributed by atoms with E-state index in [1.807, 2.05) is 51.1 Å². The third-order valence-electron chi connectivity index (χ3n) is 5.24. The van der Waals surface area contributed by atoms with Crippen LogP contribution in [0.5, 0.6) is 0 Å². The van der Waals surface area contributed by atoms with Crippen molar-refractivity contribution in [3.8, 4) is 0 Å². The number of hydrogen-bond acceptors (Lipinski definition) is 5. The van der Waals surface area contributed by atoms with Crippen LogP contribution in [-0.2, 0) is 21.1 Å². The van der Waals surface area contributed by atoms with Crippen LogP contribution in [0.15, 0.2) is 30.3 Å². The molecule has 0 heterocycles. The van der Waals surface area contributed by atoms with Gasteiger partial charge < -0.3 is 20.6 Å². The number of benzene rings is 1. The van der Waals surface area contributed by atoms with Crippen LogP contribution in [-0.4, -0.2) is 73.1 Å². The first-order valence-corrected chi connectivity index (χ1v) is 13.9. The number of carbonyl (C=O) groups excluding carboxylic acids is 2. The van der Waals surface area contributed by atoms with Crippen LogP contribution < -0.4 is 10.6 Å². The number of carbonyl (C=O) groups is 2. The fraction of sp³-hybridized carbons (Fsp3) is 0.680. The minimum atomic E-state index is -3.33. The van der Waals surface area contributed by atoms with Gasteiger partial charge in [-0.25, -0.2) is 13.2 Å². The first-order valence-electron chi connectivity index (χ1n) is 11.8. The molecule has 194 valence electrons. The van der Waals surface area contributed by atoms with E-state index in [2.05, 4.69) is 24.5 Å². The van der Waals surface area contributed by atoms with Crippen LogP contribution in [0, 0.1) is 11.8 Å². The fourth-order valence-corrected chi connectivity index (χ4v) is 4.51. The molecule has 3 amide bonds. The molecule has 9 heteroatoms. The molecule has 1 aromatic carbocycles. The third kappa shape index (κ3) is 12.4. The molecule has 0 aromatic heterocycles. The summed E-state index contributed by atoms with van der Waals surface area (Å²) in [5, 5.41) is 16.9. The van der Waals surface area contributed by atoms with Gasteiger partial charge in [0.15, 0.2) is 0 Å². The Balaban J connectivity index is 3.08. The number of aliphatic hydroxyl groups is 1. The van der Waals surface area contributed by atoms with Gasteiger partial charge in [-0.05, 0) is 45.1 Å². The van der Waals surface area contributed by atoms with Gasteiger partial charge in [0.2, 0.25) is 5.91 Å². The van der Waals surface area contributed by atoms with Crippen LogP contribution in [0.3, 0.4) is 0 Å². The molecule has 34 heavy (non-hydrogen) atoms. The number of hydrogen-bond donors (Lipinski definition) is 3. The molecule has 1 rings (SSSR count). The predicted octanol–water partition coefficient (Wildman–Crippen LogP) is 2.61. The van der Waals surface area contributed by atoms with Gasteiger partial charge in [0.1, 0.15) is 9.84 Å². The van der Waals surface area contributed by atoms with E-state index in [-0.39, 0.29) is 18.3 Å². The standard InChI is InChI=1S/C25H43N3O5S/c1-18(2)13-14-28(24(31)27-25(4,5)6)16-22(29)21(15-20-11-9-8-10-12-20)26-23(30)19(3)17-34(7,32)33/h8-12,18-19,21-22,29H,13-17H2,1-7H3,(H,26,30)(H,27,31)/t19?,21-,22?/m0/s1. The van der Waals surface area contributed by atoms with Gasteiger partial charge in [0.25, 0.3) is 0 Å². The molecule has 0 bridgehead atoms. The molecule has 0 saturated heterocycles. The molecule has 0 radical (unpaired) electrons. The highest BCUT2D eigenvalue weighted by Crippen LogP contribution is 2.12. The minimum absolute atomic E-state index is 0.0346. The number of urea groups is 1. The quantitative estimate of drug-likeness (QED) is 0.411. The zero-order valence-corrected chi connectivity index (χ0v) is 22.5. The minimum Gasteiger partial charge on any atom is -0.389 e. The van der Waals surface area contributed by atoms with Crippen molar-refractivity contribution in [1.82, 2.24) is 15.5 Å². The maximum absolute atomic E-state index is 12.9. The number of nitrogens with zero attached hydrogens (tertiary/aromatic N) is 1. The molecule has 2 unspecified atom stereocenters. The monoisotopic (exact) mass is 497 g/mol. The number of amides is 3. The zero-order valence-electron chi connectivity index (χ0n) is 21.7.